The zero-order valence-electron chi connectivity index (χ0n) is 8.49. The summed E-state index contributed by atoms with van der Waals surface area (Å²) in [5.74, 6) is -0.257. The summed E-state index contributed by atoms with van der Waals surface area (Å²) in [5, 5.41) is 3.95. The van der Waals surface area contributed by atoms with Crippen LogP contribution in [0.2, 0.25) is 0 Å². The van der Waals surface area contributed by atoms with Gasteiger partial charge in [0.2, 0.25) is 0 Å². The summed E-state index contributed by atoms with van der Waals surface area (Å²) in [6.07, 6.45) is 0. The van der Waals surface area contributed by atoms with Crippen molar-refractivity contribution in [2.45, 2.75) is 25.5 Å². The van der Waals surface area contributed by atoms with Crippen molar-refractivity contribution in [2.75, 3.05) is 0 Å². The van der Waals surface area contributed by atoms with E-state index >= 15 is 0 Å². The third-order valence-corrected chi connectivity index (χ3v) is 2.01. The lowest BCUT2D eigenvalue weighted by Crippen LogP contribution is -2.04. The Hall–Kier alpha value is -0.900. The predicted molar refractivity (Wildman–Crippen MR) is 58.3 cm³/mol. The van der Waals surface area contributed by atoms with Gasteiger partial charge < -0.3 is 0 Å². The van der Waals surface area contributed by atoms with Gasteiger partial charge in [0.15, 0.2) is 0 Å². The smallest absolute Gasteiger partial charge is 0.123 e. The molecule has 1 aromatic rings. The fourth-order valence-corrected chi connectivity index (χ4v) is 1.08. The maximum absolute atomic E-state index is 12.5. The average Bonchev–Trinajstić information content (AvgIpc) is 2.06. The van der Waals surface area contributed by atoms with Crippen molar-refractivity contribution in [1.82, 2.24) is 0 Å². The van der Waals surface area contributed by atoms with Crippen LogP contribution in [0.3, 0.4) is 0 Å². The summed E-state index contributed by atoms with van der Waals surface area (Å²) in [5.41, 5.74) is 0.670. The zero-order valence-corrected chi connectivity index (χ0v) is 9.31. The second-order valence-corrected chi connectivity index (χ2v) is 5.43. The third-order valence-electron chi connectivity index (χ3n) is 1.30. The second-order valence-electron chi connectivity index (χ2n) is 3.86. The van der Waals surface area contributed by atoms with Crippen LogP contribution in [0.4, 0.5) is 10.1 Å². The van der Waals surface area contributed by atoms with Crippen LogP contribution in [-0.4, -0.2) is 4.75 Å². The largest absolute Gasteiger partial charge is 0.207 e. The minimum atomic E-state index is -0.257. The summed E-state index contributed by atoms with van der Waals surface area (Å²) < 4.78 is 16.5. The van der Waals surface area contributed by atoms with Crippen molar-refractivity contribution in [3.8, 4) is 0 Å². The Morgan fingerprint density at radius 3 is 2.21 bits per heavy atom. The van der Waals surface area contributed by atoms with Gasteiger partial charge in [-0.1, -0.05) is 0 Å². The molecule has 0 aliphatic heterocycles. The first-order valence-corrected chi connectivity index (χ1v) is 5.09. The van der Waals surface area contributed by atoms with Crippen molar-refractivity contribution in [3.05, 3.63) is 30.1 Å². The van der Waals surface area contributed by atoms with Gasteiger partial charge in [0.05, 0.1) is 5.69 Å². The highest BCUT2D eigenvalue weighted by Crippen LogP contribution is 2.26. The van der Waals surface area contributed by atoms with Gasteiger partial charge >= 0.3 is 0 Å². The Labute approximate surface area is 87.8 Å². The van der Waals surface area contributed by atoms with E-state index in [2.05, 4.69) is 30.4 Å². The van der Waals surface area contributed by atoms with E-state index in [1.165, 1.54) is 24.1 Å². The molecule has 4 heteroatoms. The summed E-state index contributed by atoms with van der Waals surface area (Å²) in [7, 11) is 0. The van der Waals surface area contributed by atoms with Gasteiger partial charge in [0.1, 0.15) is 5.82 Å². The standard InChI is InChI=1S/C10H13FN2S/c1-10(2,3)14-13-12-9-6-4-8(11)5-7-9/h4-7H,1-3H3. The highest BCUT2D eigenvalue weighted by Gasteiger charge is 2.09. The van der Waals surface area contributed by atoms with Gasteiger partial charge in [-0.25, -0.2) is 4.39 Å². The van der Waals surface area contributed by atoms with Gasteiger partial charge in [0.25, 0.3) is 0 Å². The highest BCUT2D eigenvalue weighted by atomic mass is 32.2. The molecule has 0 heterocycles. The minimum Gasteiger partial charge on any atom is -0.207 e. The molecule has 0 fully saturated rings. The van der Waals surface area contributed by atoms with Gasteiger partial charge in [-0.05, 0) is 45.0 Å². The summed E-state index contributed by atoms with van der Waals surface area (Å²) >= 11 is 1.40. The third kappa shape index (κ3) is 4.37. The van der Waals surface area contributed by atoms with Crippen LogP contribution in [0.1, 0.15) is 20.8 Å². The van der Waals surface area contributed by atoms with E-state index < -0.39 is 0 Å². The van der Waals surface area contributed by atoms with E-state index in [1.807, 2.05) is 0 Å². The Bertz CT molecular complexity index is 314. The molecule has 0 saturated heterocycles. The normalized spacial score (nSPS) is 12.3. The van der Waals surface area contributed by atoms with Gasteiger partial charge in [-0.3, -0.25) is 0 Å². The van der Waals surface area contributed by atoms with Crippen LogP contribution in [0.15, 0.2) is 33.9 Å². The molecular weight excluding hydrogens is 199 g/mol. The van der Waals surface area contributed by atoms with Crippen LogP contribution < -0.4 is 0 Å². The number of nitrogens with zero attached hydrogens (tertiary/aromatic N) is 2. The zero-order chi connectivity index (χ0) is 10.6. The maximum atomic E-state index is 12.5. The number of hydrogen-bond acceptors (Lipinski definition) is 3. The lowest BCUT2D eigenvalue weighted by Gasteiger charge is -2.10. The van der Waals surface area contributed by atoms with E-state index in [4.69, 9.17) is 0 Å². The number of halogens is 1. The minimum absolute atomic E-state index is 0.0591. The van der Waals surface area contributed by atoms with E-state index in [-0.39, 0.29) is 10.6 Å². The molecular formula is C10H13FN2S. The number of hydrogen-bond donors (Lipinski definition) is 0. The quantitative estimate of drug-likeness (QED) is 0.528. The molecule has 0 aromatic heterocycles. The second kappa shape index (κ2) is 4.55. The Morgan fingerprint density at radius 2 is 1.71 bits per heavy atom. The van der Waals surface area contributed by atoms with Crippen molar-refractivity contribution in [2.24, 2.45) is 9.63 Å². The molecule has 2 nitrogen and oxygen atoms in total. The molecule has 1 aromatic carbocycles. The van der Waals surface area contributed by atoms with Crippen molar-refractivity contribution in [1.29, 1.82) is 0 Å². The topological polar surface area (TPSA) is 24.7 Å². The van der Waals surface area contributed by atoms with E-state index in [0.717, 1.165) is 0 Å². The lowest BCUT2D eigenvalue weighted by atomic mass is 10.3. The van der Waals surface area contributed by atoms with E-state index in [0.29, 0.717) is 5.69 Å². The van der Waals surface area contributed by atoms with Crippen LogP contribution >= 0.6 is 11.9 Å². The molecule has 0 spiro atoms. The molecule has 0 bridgehead atoms. The highest BCUT2D eigenvalue weighted by molar-refractivity contribution is 7.99. The predicted octanol–water partition coefficient (Wildman–Crippen LogP) is 4.36. The molecule has 0 radical (unpaired) electrons. The first-order valence-electron chi connectivity index (χ1n) is 4.32. The molecule has 0 unspecified atom stereocenters. The molecule has 0 N–H and O–H groups in total. The Balaban J connectivity index is 2.57. The van der Waals surface area contributed by atoms with Gasteiger partial charge in [-0.2, -0.15) is 0 Å². The van der Waals surface area contributed by atoms with E-state index in [1.54, 1.807) is 12.1 Å². The number of rotatable bonds is 2. The lowest BCUT2D eigenvalue weighted by molar-refractivity contribution is 0.628. The molecule has 14 heavy (non-hydrogen) atoms. The molecule has 76 valence electrons. The van der Waals surface area contributed by atoms with Crippen molar-refractivity contribution >= 4 is 17.6 Å². The molecule has 0 aliphatic rings. The van der Waals surface area contributed by atoms with Crippen molar-refractivity contribution in [3.63, 3.8) is 0 Å². The molecule has 0 amide bonds. The van der Waals surface area contributed by atoms with Crippen molar-refractivity contribution < 1.29 is 4.39 Å². The van der Waals surface area contributed by atoms with Crippen LogP contribution in [-0.2, 0) is 0 Å². The maximum Gasteiger partial charge on any atom is 0.123 e. The first-order chi connectivity index (χ1) is 6.47. The van der Waals surface area contributed by atoms with Gasteiger partial charge in [-0.15, -0.1) is 9.63 Å². The summed E-state index contributed by atoms with van der Waals surface area (Å²) in [6, 6.07) is 5.94. The van der Waals surface area contributed by atoms with Crippen LogP contribution in [0.25, 0.3) is 0 Å². The Morgan fingerprint density at radius 1 is 1.14 bits per heavy atom. The number of benzene rings is 1. The summed E-state index contributed by atoms with van der Waals surface area (Å²) in [6.45, 7) is 6.17. The SMILES string of the molecule is CC(C)(C)SN=Nc1ccc(F)cc1. The molecule has 0 saturated carbocycles. The van der Waals surface area contributed by atoms with E-state index in [9.17, 15) is 4.39 Å². The fraction of sp³-hybridized carbons (Fsp3) is 0.400. The van der Waals surface area contributed by atoms with Crippen LogP contribution in [0, 0.1) is 5.82 Å². The molecule has 0 aliphatic carbocycles. The summed E-state index contributed by atoms with van der Waals surface area (Å²) in [4.78, 5) is 0. The fourth-order valence-electron chi connectivity index (χ4n) is 0.698. The molecule has 1 rings (SSSR count). The average molecular weight is 212 g/mol. The Kier molecular flexibility index (Phi) is 3.63. The van der Waals surface area contributed by atoms with Gasteiger partial charge in [0, 0.05) is 16.7 Å². The monoisotopic (exact) mass is 212 g/mol. The van der Waals surface area contributed by atoms with Crippen LogP contribution in [0.5, 0.6) is 0 Å². The first kappa shape index (κ1) is 11.2. The molecule has 0 atom stereocenters.